The number of non-ortho nitro benzene ring substituents is 1. The number of nitrogens with one attached hydrogen (secondary N) is 1. The van der Waals surface area contributed by atoms with Crippen LogP contribution in [-0.2, 0) is 0 Å². The van der Waals surface area contributed by atoms with Crippen molar-refractivity contribution >= 4 is 17.4 Å². The summed E-state index contributed by atoms with van der Waals surface area (Å²) in [6, 6.07) is 6.07. The average molecular weight is 296 g/mol. The van der Waals surface area contributed by atoms with E-state index in [2.05, 4.69) is 11.6 Å². The molecule has 1 atom stereocenters. The van der Waals surface area contributed by atoms with E-state index in [1.165, 1.54) is 31.4 Å². The number of benzene rings is 1. The predicted molar refractivity (Wildman–Crippen MR) is 81.0 cm³/mol. The van der Waals surface area contributed by atoms with Crippen molar-refractivity contribution in [2.24, 2.45) is 0 Å². The topological polar surface area (TPSA) is 75.4 Å². The summed E-state index contributed by atoms with van der Waals surface area (Å²) in [4.78, 5) is 10.1. The van der Waals surface area contributed by atoms with Gasteiger partial charge in [-0.25, -0.2) is 0 Å². The van der Waals surface area contributed by atoms with E-state index in [1.54, 1.807) is 12.1 Å². The summed E-state index contributed by atoms with van der Waals surface area (Å²) < 4.78 is 0.342. The molecule has 0 heterocycles. The van der Waals surface area contributed by atoms with Gasteiger partial charge in [0.2, 0.25) is 0 Å². The summed E-state index contributed by atoms with van der Waals surface area (Å²) in [5, 5.41) is 23.9. The van der Waals surface area contributed by atoms with Crippen molar-refractivity contribution in [3.8, 4) is 0 Å². The van der Waals surface area contributed by atoms with Crippen molar-refractivity contribution < 1.29 is 10.0 Å². The molecule has 1 aromatic carbocycles. The minimum absolute atomic E-state index is 0.0460. The average Bonchev–Trinajstić information content (AvgIpc) is 2.41. The molecule has 1 fully saturated rings. The summed E-state index contributed by atoms with van der Waals surface area (Å²) in [5.74, 6) is 0. The van der Waals surface area contributed by atoms with Crippen LogP contribution >= 0.6 is 11.8 Å². The van der Waals surface area contributed by atoms with E-state index in [9.17, 15) is 15.2 Å². The molecule has 1 aliphatic carbocycles. The fraction of sp³-hybridized carbons (Fsp3) is 0.571. The summed E-state index contributed by atoms with van der Waals surface area (Å²) in [7, 11) is 0. The van der Waals surface area contributed by atoms with Gasteiger partial charge in [0.05, 0.1) is 11.0 Å². The maximum atomic E-state index is 10.6. The van der Waals surface area contributed by atoms with Crippen LogP contribution in [0.4, 0.5) is 5.69 Å². The number of thioether (sulfide) groups is 1. The second-order valence-corrected chi connectivity index (χ2v) is 6.51. The smallest absolute Gasteiger partial charge is 0.269 e. The van der Waals surface area contributed by atoms with Gasteiger partial charge in [0.1, 0.15) is 0 Å². The standard InChI is InChI=1S/C14H20N2O3S/c1-20-14(7-2-8-14)10-15-9-13(17)11-3-5-12(6-4-11)16(18)19/h3-6,13,15,17H,2,7-10H2,1H3. The van der Waals surface area contributed by atoms with Gasteiger partial charge in [-0.2, -0.15) is 11.8 Å². The van der Waals surface area contributed by atoms with Gasteiger partial charge in [-0.15, -0.1) is 0 Å². The number of rotatable bonds is 7. The number of hydrogen-bond donors (Lipinski definition) is 2. The number of nitrogens with zero attached hydrogens (tertiary/aromatic N) is 1. The second-order valence-electron chi connectivity index (χ2n) is 5.24. The van der Waals surface area contributed by atoms with Gasteiger partial charge in [-0.1, -0.05) is 6.42 Å². The molecular formula is C14H20N2O3S. The molecule has 0 radical (unpaired) electrons. The van der Waals surface area contributed by atoms with Gasteiger partial charge in [0.25, 0.3) is 5.69 Å². The Hall–Kier alpha value is -1.11. The third-order valence-corrected chi connectivity index (χ3v) is 5.39. The third kappa shape index (κ3) is 3.50. The Morgan fingerprint density at radius 2 is 2.10 bits per heavy atom. The first-order valence-electron chi connectivity index (χ1n) is 6.75. The lowest BCUT2D eigenvalue weighted by atomic mass is 9.84. The van der Waals surface area contributed by atoms with E-state index in [1.807, 2.05) is 11.8 Å². The van der Waals surface area contributed by atoms with Gasteiger partial charge in [0.15, 0.2) is 0 Å². The molecule has 0 saturated heterocycles. The van der Waals surface area contributed by atoms with E-state index < -0.39 is 11.0 Å². The van der Waals surface area contributed by atoms with Crippen molar-refractivity contribution in [1.29, 1.82) is 0 Å². The highest BCUT2D eigenvalue weighted by Gasteiger charge is 2.35. The lowest BCUT2D eigenvalue weighted by molar-refractivity contribution is -0.384. The zero-order valence-corrected chi connectivity index (χ0v) is 12.4. The molecule has 1 unspecified atom stereocenters. The van der Waals surface area contributed by atoms with Crippen LogP contribution < -0.4 is 5.32 Å². The van der Waals surface area contributed by atoms with Crippen LogP contribution in [0.3, 0.4) is 0 Å². The van der Waals surface area contributed by atoms with Crippen molar-refractivity contribution in [2.75, 3.05) is 19.3 Å². The highest BCUT2D eigenvalue weighted by Crippen LogP contribution is 2.42. The molecule has 0 amide bonds. The Kier molecular flexibility index (Phi) is 5.01. The molecule has 0 aliphatic heterocycles. The van der Waals surface area contributed by atoms with Gasteiger partial charge in [-0.3, -0.25) is 10.1 Å². The molecule has 0 aromatic heterocycles. The molecule has 1 aromatic rings. The number of nitro benzene ring substituents is 1. The molecule has 110 valence electrons. The minimum Gasteiger partial charge on any atom is -0.387 e. The Morgan fingerprint density at radius 1 is 1.45 bits per heavy atom. The molecule has 1 aliphatic rings. The van der Waals surface area contributed by atoms with Crippen molar-refractivity contribution in [3.63, 3.8) is 0 Å². The molecule has 2 N–H and O–H groups in total. The Bertz CT molecular complexity index is 454. The van der Waals surface area contributed by atoms with Crippen LogP contribution in [0.1, 0.15) is 30.9 Å². The first kappa shape index (κ1) is 15.3. The van der Waals surface area contributed by atoms with Crippen LogP contribution in [0.25, 0.3) is 0 Å². The highest BCUT2D eigenvalue weighted by atomic mass is 32.2. The van der Waals surface area contributed by atoms with Crippen LogP contribution in [-0.4, -0.2) is 34.1 Å². The molecule has 0 bridgehead atoms. The molecule has 1 saturated carbocycles. The first-order valence-corrected chi connectivity index (χ1v) is 7.97. The Labute approximate surface area is 122 Å². The summed E-state index contributed by atoms with van der Waals surface area (Å²) in [6.45, 7) is 1.37. The van der Waals surface area contributed by atoms with Crippen molar-refractivity contribution in [3.05, 3.63) is 39.9 Å². The molecule has 5 nitrogen and oxygen atoms in total. The van der Waals surface area contributed by atoms with Crippen LogP contribution in [0, 0.1) is 10.1 Å². The quantitative estimate of drug-likeness (QED) is 0.597. The molecule has 0 spiro atoms. The number of aliphatic hydroxyl groups is 1. The molecular weight excluding hydrogens is 276 g/mol. The maximum Gasteiger partial charge on any atom is 0.269 e. The van der Waals surface area contributed by atoms with E-state index >= 15 is 0 Å². The maximum absolute atomic E-state index is 10.6. The van der Waals surface area contributed by atoms with E-state index in [-0.39, 0.29) is 5.69 Å². The van der Waals surface area contributed by atoms with E-state index in [0.29, 0.717) is 16.9 Å². The predicted octanol–water partition coefficient (Wildman–Crippen LogP) is 2.50. The number of aliphatic hydroxyl groups excluding tert-OH is 1. The molecule has 2 rings (SSSR count). The van der Waals surface area contributed by atoms with Gasteiger partial charge >= 0.3 is 0 Å². The minimum atomic E-state index is -0.630. The van der Waals surface area contributed by atoms with Gasteiger partial charge < -0.3 is 10.4 Å². The number of nitro groups is 1. The SMILES string of the molecule is CSC1(CNCC(O)c2ccc([N+](=O)[O-])cc2)CCC1. The highest BCUT2D eigenvalue weighted by molar-refractivity contribution is 8.00. The normalized spacial score (nSPS) is 18.3. The third-order valence-electron chi connectivity index (χ3n) is 3.97. The largest absolute Gasteiger partial charge is 0.387 e. The second kappa shape index (κ2) is 6.56. The molecule has 6 heteroatoms. The fourth-order valence-electron chi connectivity index (χ4n) is 2.40. The zero-order valence-electron chi connectivity index (χ0n) is 11.5. The Morgan fingerprint density at radius 3 is 2.55 bits per heavy atom. The first-order chi connectivity index (χ1) is 9.56. The summed E-state index contributed by atoms with van der Waals surface area (Å²) in [5.41, 5.74) is 0.750. The van der Waals surface area contributed by atoms with Crippen LogP contribution in [0.5, 0.6) is 0 Å². The molecule has 20 heavy (non-hydrogen) atoms. The number of hydrogen-bond acceptors (Lipinski definition) is 5. The lowest BCUT2D eigenvalue weighted by Gasteiger charge is -2.40. The van der Waals surface area contributed by atoms with E-state index in [0.717, 1.165) is 6.54 Å². The van der Waals surface area contributed by atoms with Crippen LogP contribution in [0.2, 0.25) is 0 Å². The fourth-order valence-corrected chi connectivity index (χ4v) is 3.34. The van der Waals surface area contributed by atoms with Crippen LogP contribution in [0.15, 0.2) is 24.3 Å². The zero-order chi connectivity index (χ0) is 14.6. The van der Waals surface area contributed by atoms with Gasteiger partial charge in [-0.05, 0) is 36.8 Å². The van der Waals surface area contributed by atoms with Crippen molar-refractivity contribution in [1.82, 2.24) is 5.32 Å². The van der Waals surface area contributed by atoms with Gasteiger partial charge in [0, 0.05) is 30.0 Å². The Balaban J connectivity index is 1.82. The van der Waals surface area contributed by atoms with E-state index in [4.69, 9.17) is 0 Å². The summed E-state index contributed by atoms with van der Waals surface area (Å²) >= 11 is 1.89. The monoisotopic (exact) mass is 296 g/mol. The van der Waals surface area contributed by atoms with Crippen molar-refractivity contribution in [2.45, 2.75) is 30.1 Å². The summed E-state index contributed by atoms with van der Waals surface area (Å²) in [6.07, 6.45) is 5.25. The lowest BCUT2D eigenvalue weighted by Crippen LogP contribution is -2.44.